The second kappa shape index (κ2) is 4.66. The Balaban J connectivity index is 1.86. The zero-order chi connectivity index (χ0) is 13.5. The molecule has 102 valence electrons. The lowest BCUT2D eigenvalue weighted by molar-refractivity contribution is -0.150. The molecule has 0 radical (unpaired) electrons. The number of aryl methyl sites for hydroxylation is 1. The van der Waals surface area contributed by atoms with Gasteiger partial charge in [-0.15, -0.1) is 0 Å². The molecule has 2 heteroatoms. The van der Waals surface area contributed by atoms with Crippen LogP contribution in [0.5, 0.6) is 0 Å². The largest absolute Gasteiger partial charge is 0.481 e. The van der Waals surface area contributed by atoms with Crippen LogP contribution in [0.1, 0.15) is 56.1 Å². The molecule has 2 aliphatic carbocycles. The SMILES string of the molecule is CC(CC1CCCc2ccccc21)(C(=O)O)C1CC1. The van der Waals surface area contributed by atoms with Gasteiger partial charge in [-0.05, 0) is 68.4 Å². The molecular weight excluding hydrogens is 236 g/mol. The first kappa shape index (κ1) is 12.7. The normalized spacial score (nSPS) is 25.4. The van der Waals surface area contributed by atoms with Crippen molar-refractivity contribution < 1.29 is 9.90 Å². The number of rotatable bonds is 4. The van der Waals surface area contributed by atoms with Gasteiger partial charge >= 0.3 is 5.97 Å². The number of benzene rings is 1. The maximum absolute atomic E-state index is 11.7. The van der Waals surface area contributed by atoms with Crippen molar-refractivity contribution in [3.05, 3.63) is 35.4 Å². The summed E-state index contributed by atoms with van der Waals surface area (Å²) in [6.45, 7) is 1.96. The molecule has 1 N–H and O–H groups in total. The van der Waals surface area contributed by atoms with Crippen molar-refractivity contribution in [3.63, 3.8) is 0 Å². The maximum Gasteiger partial charge on any atom is 0.309 e. The van der Waals surface area contributed by atoms with E-state index >= 15 is 0 Å². The summed E-state index contributed by atoms with van der Waals surface area (Å²) in [5, 5.41) is 9.62. The molecule has 0 aliphatic heterocycles. The lowest BCUT2D eigenvalue weighted by atomic mass is 9.71. The van der Waals surface area contributed by atoms with Crippen LogP contribution in [0.25, 0.3) is 0 Å². The van der Waals surface area contributed by atoms with Crippen LogP contribution < -0.4 is 0 Å². The van der Waals surface area contributed by atoms with Gasteiger partial charge in [0, 0.05) is 0 Å². The van der Waals surface area contributed by atoms with E-state index in [2.05, 4.69) is 24.3 Å². The van der Waals surface area contributed by atoms with Crippen molar-refractivity contribution in [1.29, 1.82) is 0 Å². The summed E-state index contributed by atoms with van der Waals surface area (Å²) in [4.78, 5) is 11.7. The Morgan fingerprint density at radius 2 is 2.05 bits per heavy atom. The second-order valence-electron chi connectivity index (χ2n) is 6.49. The maximum atomic E-state index is 11.7. The third-order valence-electron chi connectivity index (χ3n) is 5.13. The number of hydrogen-bond acceptors (Lipinski definition) is 1. The van der Waals surface area contributed by atoms with Gasteiger partial charge in [-0.1, -0.05) is 24.3 Å². The van der Waals surface area contributed by atoms with Gasteiger partial charge < -0.3 is 5.11 Å². The van der Waals surface area contributed by atoms with E-state index in [1.807, 2.05) is 6.92 Å². The fraction of sp³-hybridized carbons (Fsp3) is 0.588. The van der Waals surface area contributed by atoms with Crippen molar-refractivity contribution in [2.24, 2.45) is 11.3 Å². The number of carbonyl (C=O) groups is 1. The van der Waals surface area contributed by atoms with E-state index in [0.29, 0.717) is 11.8 Å². The van der Waals surface area contributed by atoms with Crippen molar-refractivity contribution in [1.82, 2.24) is 0 Å². The van der Waals surface area contributed by atoms with Gasteiger partial charge in [-0.2, -0.15) is 0 Å². The summed E-state index contributed by atoms with van der Waals surface area (Å²) in [6, 6.07) is 8.59. The molecular formula is C17H22O2. The van der Waals surface area contributed by atoms with Crippen LogP contribution in [0.15, 0.2) is 24.3 Å². The van der Waals surface area contributed by atoms with E-state index in [4.69, 9.17) is 0 Å². The smallest absolute Gasteiger partial charge is 0.309 e. The lowest BCUT2D eigenvalue weighted by Gasteiger charge is -2.33. The summed E-state index contributed by atoms with van der Waals surface area (Å²) in [6.07, 6.45) is 6.49. The van der Waals surface area contributed by atoms with Crippen LogP contribution in [-0.4, -0.2) is 11.1 Å². The van der Waals surface area contributed by atoms with Gasteiger partial charge in [0.2, 0.25) is 0 Å². The molecule has 0 aromatic heterocycles. The number of carboxylic acid groups (broad SMARTS) is 1. The van der Waals surface area contributed by atoms with Crippen LogP contribution >= 0.6 is 0 Å². The van der Waals surface area contributed by atoms with Crippen molar-refractivity contribution in [3.8, 4) is 0 Å². The van der Waals surface area contributed by atoms with Crippen LogP contribution in [0.3, 0.4) is 0 Å². The standard InChI is InChI=1S/C17H22O2/c1-17(16(18)19,14-9-10-14)11-13-7-4-6-12-5-2-3-8-15(12)13/h2-3,5,8,13-14H,4,6-7,9-11H2,1H3,(H,18,19). The molecule has 2 atom stereocenters. The van der Waals surface area contributed by atoms with Gasteiger partial charge in [0.05, 0.1) is 5.41 Å². The minimum Gasteiger partial charge on any atom is -0.481 e. The Morgan fingerprint density at radius 3 is 2.74 bits per heavy atom. The third-order valence-corrected chi connectivity index (χ3v) is 5.13. The zero-order valence-corrected chi connectivity index (χ0v) is 11.6. The van der Waals surface area contributed by atoms with Gasteiger partial charge in [-0.3, -0.25) is 4.79 Å². The highest BCUT2D eigenvalue weighted by Gasteiger charge is 2.48. The van der Waals surface area contributed by atoms with Crippen LogP contribution in [0.2, 0.25) is 0 Å². The molecule has 2 unspecified atom stereocenters. The summed E-state index contributed by atoms with van der Waals surface area (Å²) in [5.41, 5.74) is 2.32. The molecule has 1 aromatic rings. The van der Waals surface area contributed by atoms with Crippen molar-refractivity contribution in [2.75, 3.05) is 0 Å². The molecule has 1 fully saturated rings. The Hall–Kier alpha value is -1.31. The zero-order valence-electron chi connectivity index (χ0n) is 11.6. The topological polar surface area (TPSA) is 37.3 Å². The number of fused-ring (bicyclic) bond motifs is 1. The quantitative estimate of drug-likeness (QED) is 0.886. The van der Waals surface area contributed by atoms with Crippen molar-refractivity contribution in [2.45, 2.75) is 51.4 Å². The molecule has 0 saturated heterocycles. The van der Waals surface area contributed by atoms with E-state index in [1.165, 1.54) is 17.5 Å². The molecule has 0 amide bonds. The molecule has 0 spiro atoms. The summed E-state index contributed by atoms with van der Waals surface area (Å²) in [7, 11) is 0. The minimum absolute atomic E-state index is 0.402. The van der Waals surface area contributed by atoms with Crippen molar-refractivity contribution >= 4 is 5.97 Å². The fourth-order valence-corrected chi connectivity index (χ4v) is 3.73. The Morgan fingerprint density at radius 1 is 1.32 bits per heavy atom. The predicted octanol–water partition coefficient (Wildman–Crippen LogP) is 4.00. The Labute approximate surface area is 114 Å². The van der Waals surface area contributed by atoms with E-state index in [-0.39, 0.29) is 0 Å². The second-order valence-corrected chi connectivity index (χ2v) is 6.49. The van der Waals surface area contributed by atoms with Gasteiger partial charge in [0.1, 0.15) is 0 Å². The fourth-order valence-electron chi connectivity index (χ4n) is 3.73. The van der Waals surface area contributed by atoms with Gasteiger partial charge in [-0.25, -0.2) is 0 Å². The van der Waals surface area contributed by atoms with Gasteiger partial charge in [0.25, 0.3) is 0 Å². The molecule has 3 rings (SSSR count). The molecule has 2 nitrogen and oxygen atoms in total. The van der Waals surface area contributed by atoms with Crippen LogP contribution in [-0.2, 0) is 11.2 Å². The van der Waals surface area contributed by atoms with Crippen LogP contribution in [0, 0.1) is 11.3 Å². The number of hydrogen-bond donors (Lipinski definition) is 1. The highest BCUT2D eigenvalue weighted by molar-refractivity contribution is 5.75. The first-order valence-electron chi connectivity index (χ1n) is 7.42. The summed E-state index contributed by atoms with van der Waals surface area (Å²) in [5.74, 6) is 0.240. The summed E-state index contributed by atoms with van der Waals surface area (Å²) < 4.78 is 0. The van der Waals surface area contributed by atoms with Crippen LogP contribution in [0.4, 0.5) is 0 Å². The van der Waals surface area contributed by atoms with E-state index < -0.39 is 11.4 Å². The minimum atomic E-state index is -0.599. The predicted molar refractivity (Wildman–Crippen MR) is 75.2 cm³/mol. The average molecular weight is 258 g/mol. The molecule has 2 aliphatic rings. The number of aliphatic carboxylic acids is 1. The highest BCUT2D eigenvalue weighted by Crippen LogP contribution is 2.52. The highest BCUT2D eigenvalue weighted by atomic mass is 16.4. The third kappa shape index (κ3) is 2.29. The average Bonchev–Trinajstić information content (AvgIpc) is 3.23. The summed E-state index contributed by atoms with van der Waals surface area (Å²) >= 11 is 0. The first-order chi connectivity index (χ1) is 9.11. The Kier molecular flexibility index (Phi) is 3.12. The first-order valence-corrected chi connectivity index (χ1v) is 7.42. The molecule has 0 heterocycles. The van der Waals surface area contributed by atoms with E-state index in [1.54, 1.807) is 0 Å². The Bertz CT molecular complexity index is 490. The molecule has 19 heavy (non-hydrogen) atoms. The van der Waals surface area contributed by atoms with Gasteiger partial charge in [0.15, 0.2) is 0 Å². The van der Waals surface area contributed by atoms with E-state index in [9.17, 15) is 9.90 Å². The number of carboxylic acids is 1. The molecule has 0 bridgehead atoms. The van der Waals surface area contributed by atoms with E-state index in [0.717, 1.165) is 32.1 Å². The molecule has 1 aromatic carbocycles. The monoisotopic (exact) mass is 258 g/mol. The lowest BCUT2D eigenvalue weighted by Crippen LogP contribution is -2.32. The molecule has 1 saturated carbocycles.